The molecule has 2 nitrogen and oxygen atoms in total. The summed E-state index contributed by atoms with van der Waals surface area (Å²) in [4.78, 5) is 10.3. The van der Waals surface area contributed by atoms with E-state index in [1.807, 2.05) is 29.5 Å². The Morgan fingerprint density at radius 1 is 1.67 bits per heavy atom. The summed E-state index contributed by atoms with van der Waals surface area (Å²) in [6.45, 7) is 3.64. The molecular formula is C6H9IO2. The van der Waals surface area contributed by atoms with Crippen LogP contribution < -0.4 is 0 Å². The molecule has 52 valence electrons. The molecule has 0 unspecified atom stereocenters. The van der Waals surface area contributed by atoms with Crippen molar-refractivity contribution in [3.05, 3.63) is 9.15 Å². The second kappa shape index (κ2) is 3.87. The van der Waals surface area contributed by atoms with Crippen LogP contribution in [-0.4, -0.2) is 11.1 Å². The SMILES string of the molecule is CCC(C(=O)O)=C(C)I. The maximum Gasteiger partial charge on any atom is 0.332 e. The lowest BCUT2D eigenvalue weighted by molar-refractivity contribution is -0.132. The second-order valence-corrected chi connectivity index (χ2v) is 3.29. The predicted octanol–water partition coefficient (Wildman–Crippen LogP) is 2.19. The number of carbonyl (C=O) groups is 1. The van der Waals surface area contributed by atoms with E-state index in [1.54, 1.807) is 6.92 Å². The van der Waals surface area contributed by atoms with Crippen molar-refractivity contribution < 1.29 is 9.90 Å². The molecule has 0 spiro atoms. The molecule has 0 fully saturated rings. The van der Waals surface area contributed by atoms with E-state index >= 15 is 0 Å². The number of hydrogen-bond acceptors (Lipinski definition) is 1. The number of hydrogen-bond donors (Lipinski definition) is 1. The van der Waals surface area contributed by atoms with Crippen LogP contribution in [0.1, 0.15) is 20.3 Å². The average Bonchev–Trinajstić information content (AvgIpc) is 1.64. The van der Waals surface area contributed by atoms with Crippen LogP contribution in [-0.2, 0) is 4.79 Å². The number of aliphatic carboxylic acids is 1. The first-order valence-electron chi connectivity index (χ1n) is 2.68. The molecule has 9 heavy (non-hydrogen) atoms. The third-order valence-electron chi connectivity index (χ3n) is 1.03. The molecule has 0 aliphatic rings. The maximum atomic E-state index is 10.3. The van der Waals surface area contributed by atoms with Crippen LogP contribution in [0.4, 0.5) is 0 Å². The van der Waals surface area contributed by atoms with Gasteiger partial charge in [0.1, 0.15) is 0 Å². The Labute approximate surface area is 68.1 Å². The molecular weight excluding hydrogens is 231 g/mol. The van der Waals surface area contributed by atoms with Crippen molar-refractivity contribution >= 4 is 28.6 Å². The van der Waals surface area contributed by atoms with E-state index in [1.165, 1.54) is 0 Å². The van der Waals surface area contributed by atoms with Gasteiger partial charge in [0.25, 0.3) is 0 Å². The van der Waals surface area contributed by atoms with Crippen molar-refractivity contribution in [1.29, 1.82) is 0 Å². The number of halogens is 1. The summed E-state index contributed by atoms with van der Waals surface area (Å²) in [5.74, 6) is -0.801. The monoisotopic (exact) mass is 240 g/mol. The summed E-state index contributed by atoms with van der Waals surface area (Å²) in [7, 11) is 0. The summed E-state index contributed by atoms with van der Waals surface area (Å²) in [6.07, 6.45) is 0.601. The summed E-state index contributed by atoms with van der Waals surface area (Å²) >= 11 is 2.02. The van der Waals surface area contributed by atoms with Crippen LogP contribution in [0.5, 0.6) is 0 Å². The molecule has 3 heteroatoms. The fourth-order valence-electron chi connectivity index (χ4n) is 0.542. The minimum absolute atomic E-state index is 0.510. The number of allylic oxidation sites excluding steroid dienone is 1. The predicted molar refractivity (Wildman–Crippen MR) is 44.6 cm³/mol. The lowest BCUT2D eigenvalue weighted by Crippen LogP contribution is -1.99. The van der Waals surface area contributed by atoms with E-state index in [2.05, 4.69) is 0 Å². The van der Waals surface area contributed by atoms with Gasteiger partial charge in [-0.1, -0.05) is 6.92 Å². The zero-order valence-electron chi connectivity index (χ0n) is 5.44. The smallest absolute Gasteiger partial charge is 0.332 e. The Kier molecular flexibility index (Phi) is 3.84. The summed E-state index contributed by atoms with van der Waals surface area (Å²) in [5, 5.41) is 8.48. The number of carboxylic acid groups (broad SMARTS) is 1. The Morgan fingerprint density at radius 3 is 2.11 bits per heavy atom. The summed E-state index contributed by atoms with van der Waals surface area (Å²) < 4.78 is 0.864. The highest BCUT2D eigenvalue weighted by molar-refractivity contribution is 14.1. The van der Waals surface area contributed by atoms with Crippen LogP contribution in [0.2, 0.25) is 0 Å². The molecule has 0 aromatic rings. The van der Waals surface area contributed by atoms with Gasteiger partial charge in [0.2, 0.25) is 0 Å². The topological polar surface area (TPSA) is 37.3 Å². The molecule has 0 heterocycles. The Morgan fingerprint density at radius 2 is 2.11 bits per heavy atom. The van der Waals surface area contributed by atoms with E-state index in [0.717, 1.165) is 3.58 Å². The van der Waals surface area contributed by atoms with Gasteiger partial charge in [-0.2, -0.15) is 0 Å². The first-order valence-corrected chi connectivity index (χ1v) is 3.76. The van der Waals surface area contributed by atoms with Crippen LogP contribution in [0.3, 0.4) is 0 Å². The average molecular weight is 240 g/mol. The first kappa shape index (κ1) is 8.94. The van der Waals surface area contributed by atoms with Gasteiger partial charge in [0.05, 0.1) is 0 Å². The highest BCUT2D eigenvalue weighted by Crippen LogP contribution is 2.14. The van der Waals surface area contributed by atoms with Gasteiger partial charge in [-0.05, 0) is 39.5 Å². The van der Waals surface area contributed by atoms with E-state index in [9.17, 15) is 4.79 Å². The van der Waals surface area contributed by atoms with Gasteiger partial charge in [-0.25, -0.2) is 4.79 Å². The fraction of sp³-hybridized carbons (Fsp3) is 0.500. The highest BCUT2D eigenvalue weighted by atomic mass is 127. The van der Waals surface area contributed by atoms with Crippen molar-refractivity contribution in [3.8, 4) is 0 Å². The first-order chi connectivity index (χ1) is 4.09. The van der Waals surface area contributed by atoms with Crippen molar-refractivity contribution in [2.24, 2.45) is 0 Å². The third-order valence-corrected chi connectivity index (χ3v) is 1.68. The van der Waals surface area contributed by atoms with Gasteiger partial charge < -0.3 is 5.11 Å². The molecule has 0 rings (SSSR count). The van der Waals surface area contributed by atoms with Crippen LogP contribution in [0.15, 0.2) is 9.15 Å². The van der Waals surface area contributed by atoms with Crippen LogP contribution in [0.25, 0.3) is 0 Å². The number of carboxylic acids is 1. The fourth-order valence-corrected chi connectivity index (χ4v) is 1.15. The van der Waals surface area contributed by atoms with Gasteiger partial charge in [0, 0.05) is 5.57 Å². The molecule has 0 aromatic heterocycles. The molecule has 0 aliphatic heterocycles. The zero-order chi connectivity index (χ0) is 7.44. The maximum absolute atomic E-state index is 10.3. The van der Waals surface area contributed by atoms with Crippen molar-refractivity contribution in [3.63, 3.8) is 0 Å². The number of rotatable bonds is 2. The lowest BCUT2D eigenvalue weighted by atomic mass is 10.2. The highest BCUT2D eigenvalue weighted by Gasteiger charge is 2.05. The zero-order valence-corrected chi connectivity index (χ0v) is 7.60. The third kappa shape index (κ3) is 2.84. The molecule has 0 saturated heterocycles. The molecule has 0 amide bonds. The molecule has 0 aliphatic carbocycles. The van der Waals surface area contributed by atoms with Gasteiger partial charge in [-0.15, -0.1) is 0 Å². The largest absolute Gasteiger partial charge is 0.478 e. The molecule has 0 saturated carbocycles. The van der Waals surface area contributed by atoms with Crippen LogP contribution in [0, 0.1) is 0 Å². The lowest BCUT2D eigenvalue weighted by Gasteiger charge is -1.96. The van der Waals surface area contributed by atoms with Crippen molar-refractivity contribution in [2.75, 3.05) is 0 Å². The van der Waals surface area contributed by atoms with E-state index in [0.29, 0.717) is 12.0 Å². The standard InChI is InChI=1S/C6H9IO2/c1-3-5(4(2)7)6(8)9/h3H2,1-2H3,(H,8,9). The van der Waals surface area contributed by atoms with Gasteiger partial charge in [0.15, 0.2) is 0 Å². The van der Waals surface area contributed by atoms with Crippen molar-refractivity contribution in [1.82, 2.24) is 0 Å². The summed E-state index contributed by atoms with van der Waals surface area (Å²) in [5.41, 5.74) is 0.510. The second-order valence-electron chi connectivity index (χ2n) is 1.67. The molecule has 0 aromatic carbocycles. The molecule has 0 bridgehead atoms. The van der Waals surface area contributed by atoms with E-state index in [4.69, 9.17) is 5.11 Å². The van der Waals surface area contributed by atoms with Crippen LogP contribution >= 0.6 is 22.6 Å². The molecule has 1 N–H and O–H groups in total. The van der Waals surface area contributed by atoms with Gasteiger partial charge >= 0.3 is 5.97 Å². The molecule has 0 radical (unpaired) electrons. The normalized spacial score (nSPS) is 12.8. The Hall–Kier alpha value is -0.0600. The minimum atomic E-state index is -0.801. The molecule has 0 atom stereocenters. The van der Waals surface area contributed by atoms with Gasteiger partial charge in [-0.3, -0.25) is 0 Å². The quantitative estimate of drug-likeness (QED) is 0.593. The van der Waals surface area contributed by atoms with E-state index in [-0.39, 0.29) is 0 Å². The Balaban J connectivity index is 4.35. The van der Waals surface area contributed by atoms with E-state index < -0.39 is 5.97 Å². The Bertz CT molecular complexity index is 145. The summed E-state index contributed by atoms with van der Waals surface area (Å²) in [6, 6.07) is 0. The van der Waals surface area contributed by atoms with Crippen molar-refractivity contribution in [2.45, 2.75) is 20.3 Å². The minimum Gasteiger partial charge on any atom is -0.478 e.